The molecule has 3 rings (SSSR count). The van der Waals surface area contributed by atoms with Crippen molar-refractivity contribution in [1.29, 1.82) is 0 Å². The van der Waals surface area contributed by atoms with Crippen LogP contribution in [-0.2, 0) is 14.3 Å². The molecule has 1 aliphatic rings. The van der Waals surface area contributed by atoms with Crippen LogP contribution in [0.2, 0.25) is 5.02 Å². The van der Waals surface area contributed by atoms with E-state index in [0.29, 0.717) is 38.6 Å². The van der Waals surface area contributed by atoms with Crippen LogP contribution in [0.5, 0.6) is 17.2 Å². The summed E-state index contributed by atoms with van der Waals surface area (Å²) in [5, 5.41) is 0.229. The minimum Gasteiger partial charge on any atom is -0.494 e. The van der Waals surface area contributed by atoms with Gasteiger partial charge >= 0.3 is 5.97 Å². The standard InChI is InChI=1S/C23H22ClNO6S2/c1-4-29-16-8-6-15(7-9-16)25-22(27)19(33-23(25)32)12-14-10-17(24)21(18(11-14)28-3)31-13-20(26)30-5-2/h6-12H,4-5,13H2,1-3H3. The zero-order valence-corrected chi connectivity index (χ0v) is 20.6. The minimum absolute atomic E-state index is 0.214. The van der Waals surface area contributed by atoms with E-state index in [1.165, 1.54) is 23.8 Å². The Morgan fingerprint density at radius 1 is 1.15 bits per heavy atom. The number of methoxy groups -OCH3 is 1. The largest absolute Gasteiger partial charge is 0.494 e. The van der Waals surface area contributed by atoms with Crippen LogP contribution < -0.4 is 19.1 Å². The second-order valence-corrected chi connectivity index (χ2v) is 8.65. The quantitative estimate of drug-likeness (QED) is 0.264. The van der Waals surface area contributed by atoms with E-state index in [1.807, 2.05) is 6.92 Å². The zero-order chi connectivity index (χ0) is 24.0. The van der Waals surface area contributed by atoms with Gasteiger partial charge < -0.3 is 18.9 Å². The number of nitrogens with zero attached hydrogens (tertiary/aromatic N) is 1. The fourth-order valence-corrected chi connectivity index (χ4v) is 4.57. The van der Waals surface area contributed by atoms with E-state index in [2.05, 4.69) is 0 Å². The number of esters is 1. The Labute approximate surface area is 206 Å². The summed E-state index contributed by atoms with van der Waals surface area (Å²) in [6.07, 6.45) is 1.68. The Morgan fingerprint density at radius 3 is 2.52 bits per heavy atom. The van der Waals surface area contributed by atoms with Crippen LogP contribution in [0, 0.1) is 0 Å². The molecular formula is C23H22ClNO6S2. The van der Waals surface area contributed by atoms with Gasteiger partial charge in [-0.15, -0.1) is 0 Å². The van der Waals surface area contributed by atoms with Gasteiger partial charge in [-0.05, 0) is 61.9 Å². The molecule has 7 nitrogen and oxygen atoms in total. The highest BCUT2D eigenvalue weighted by molar-refractivity contribution is 8.27. The van der Waals surface area contributed by atoms with Crippen LogP contribution in [0.25, 0.3) is 6.08 Å². The summed E-state index contributed by atoms with van der Waals surface area (Å²) >= 11 is 13.0. The number of hydrogen-bond donors (Lipinski definition) is 0. The molecule has 0 radical (unpaired) electrons. The van der Waals surface area contributed by atoms with Crippen molar-refractivity contribution in [2.45, 2.75) is 13.8 Å². The minimum atomic E-state index is -0.516. The first-order chi connectivity index (χ1) is 15.9. The summed E-state index contributed by atoms with van der Waals surface area (Å²) in [6, 6.07) is 10.4. The summed E-state index contributed by atoms with van der Waals surface area (Å²) in [7, 11) is 1.46. The Balaban J connectivity index is 1.82. The first-order valence-corrected chi connectivity index (χ1v) is 11.6. The molecule has 2 aromatic carbocycles. The van der Waals surface area contributed by atoms with Crippen molar-refractivity contribution in [2.24, 2.45) is 0 Å². The molecule has 33 heavy (non-hydrogen) atoms. The predicted octanol–water partition coefficient (Wildman–Crippen LogP) is 5.10. The number of hydrogen-bond acceptors (Lipinski definition) is 8. The summed E-state index contributed by atoms with van der Waals surface area (Å²) in [4.78, 5) is 26.5. The van der Waals surface area contributed by atoms with E-state index in [9.17, 15) is 9.59 Å². The van der Waals surface area contributed by atoms with Gasteiger partial charge in [0.15, 0.2) is 22.4 Å². The molecule has 1 amide bonds. The van der Waals surface area contributed by atoms with E-state index in [-0.39, 0.29) is 29.9 Å². The van der Waals surface area contributed by atoms with Gasteiger partial charge in [0.2, 0.25) is 0 Å². The maximum absolute atomic E-state index is 13.1. The summed E-state index contributed by atoms with van der Waals surface area (Å²) in [5.74, 6) is 0.491. The van der Waals surface area contributed by atoms with Crippen LogP contribution >= 0.6 is 35.6 Å². The van der Waals surface area contributed by atoms with Crippen LogP contribution in [-0.4, -0.2) is 43.1 Å². The fraction of sp³-hybridized carbons (Fsp3) is 0.261. The molecule has 0 aromatic heterocycles. The lowest BCUT2D eigenvalue weighted by atomic mass is 10.1. The summed E-state index contributed by atoms with van der Waals surface area (Å²) in [6.45, 7) is 4.12. The summed E-state index contributed by atoms with van der Waals surface area (Å²) < 4.78 is 21.6. The molecule has 0 atom stereocenters. The maximum Gasteiger partial charge on any atom is 0.344 e. The molecule has 0 spiro atoms. The molecule has 0 saturated carbocycles. The number of thioether (sulfide) groups is 1. The molecule has 0 aliphatic carbocycles. The molecule has 174 valence electrons. The SMILES string of the molecule is CCOC(=O)COc1c(Cl)cc(C=C2SC(=S)N(c3ccc(OCC)cc3)C2=O)cc1OC. The van der Waals surface area contributed by atoms with Gasteiger partial charge in [0.05, 0.1) is 35.9 Å². The van der Waals surface area contributed by atoms with Crippen molar-refractivity contribution < 1.29 is 28.5 Å². The number of amides is 1. The van der Waals surface area contributed by atoms with Gasteiger partial charge in [0.1, 0.15) is 5.75 Å². The number of halogens is 1. The zero-order valence-electron chi connectivity index (χ0n) is 18.3. The van der Waals surface area contributed by atoms with Crippen molar-refractivity contribution in [2.75, 3.05) is 31.8 Å². The van der Waals surface area contributed by atoms with Gasteiger partial charge in [-0.3, -0.25) is 9.69 Å². The van der Waals surface area contributed by atoms with E-state index in [0.717, 1.165) is 0 Å². The lowest BCUT2D eigenvalue weighted by Crippen LogP contribution is -2.27. The van der Waals surface area contributed by atoms with Crippen molar-refractivity contribution in [1.82, 2.24) is 0 Å². The third kappa shape index (κ3) is 5.98. The number of carbonyl (C=O) groups excluding carboxylic acids is 2. The normalized spacial score (nSPS) is 14.5. The molecule has 0 unspecified atom stereocenters. The Kier molecular flexibility index (Phi) is 8.60. The molecule has 1 fully saturated rings. The fourth-order valence-electron chi connectivity index (χ4n) is 3.00. The van der Waals surface area contributed by atoms with Gasteiger partial charge in [-0.25, -0.2) is 4.79 Å². The molecular weight excluding hydrogens is 486 g/mol. The lowest BCUT2D eigenvalue weighted by molar-refractivity contribution is -0.145. The van der Waals surface area contributed by atoms with Crippen molar-refractivity contribution in [3.05, 3.63) is 51.9 Å². The first kappa shape index (κ1) is 24.9. The third-order valence-electron chi connectivity index (χ3n) is 4.39. The Bertz CT molecular complexity index is 1090. The molecule has 0 N–H and O–H groups in total. The Hall–Kier alpha value is -2.75. The molecule has 10 heteroatoms. The van der Waals surface area contributed by atoms with E-state index >= 15 is 0 Å². The number of anilines is 1. The van der Waals surface area contributed by atoms with Gasteiger partial charge in [0, 0.05) is 0 Å². The average Bonchev–Trinajstić information content (AvgIpc) is 3.06. The maximum atomic E-state index is 13.1. The summed E-state index contributed by atoms with van der Waals surface area (Å²) in [5.41, 5.74) is 1.27. The number of thiocarbonyl (C=S) groups is 1. The second kappa shape index (κ2) is 11.4. The number of benzene rings is 2. The van der Waals surface area contributed by atoms with Crippen molar-refractivity contribution in [3.63, 3.8) is 0 Å². The average molecular weight is 508 g/mol. The highest BCUT2D eigenvalue weighted by Gasteiger charge is 2.33. The predicted molar refractivity (Wildman–Crippen MR) is 133 cm³/mol. The molecule has 0 bridgehead atoms. The van der Waals surface area contributed by atoms with Gasteiger partial charge in [-0.2, -0.15) is 0 Å². The van der Waals surface area contributed by atoms with Gasteiger partial charge in [0.25, 0.3) is 5.91 Å². The highest BCUT2D eigenvalue weighted by atomic mass is 35.5. The van der Waals surface area contributed by atoms with Crippen LogP contribution in [0.15, 0.2) is 41.3 Å². The van der Waals surface area contributed by atoms with E-state index in [4.69, 9.17) is 42.8 Å². The topological polar surface area (TPSA) is 74.3 Å². The van der Waals surface area contributed by atoms with Gasteiger partial charge in [-0.1, -0.05) is 35.6 Å². The number of rotatable bonds is 9. The van der Waals surface area contributed by atoms with Crippen molar-refractivity contribution >= 4 is 63.5 Å². The van der Waals surface area contributed by atoms with Crippen LogP contribution in [0.1, 0.15) is 19.4 Å². The highest BCUT2D eigenvalue weighted by Crippen LogP contribution is 2.40. The molecule has 1 aliphatic heterocycles. The Morgan fingerprint density at radius 2 is 1.88 bits per heavy atom. The number of carbonyl (C=O) groups is 2. The lowest BCUT2D eigenvalue weighted by Gasteiger charge is -2.15. The van der Waals surface area contributed by atoms with Crippen molar-refractivity contribution in [3.8, 4) is 17.2 Å². The van der Waals surface area contributed by atoms with Crippen LogP contribution in [0.4, 0.5) is 5.69 Å². The molecule has 1 heterocycles. The second-order valence-electron chi connectivity index (χ2n) is 6.57. The first-order valence-electron chi connectivity index (χ1n) is 10.0. The van der Waals surface area contributed by atoms with E-state index < -0.39 is 5.97 Å². The molecule has 2 aromatic rings. The molecule has 1 saturated heterocycles. The monoisotopic (exact) mass is 507 g/mol. The van der Waals surface area contributed by atoms with E-state index in [1.54, 1.807) is 49.4 Å². The third-order valence-corrected chi connectivity index (χ3v) is 5.97. The smallest absolute Gasteiger partial charge is 0.344 e. The van der Waals surface area contributed by atoms with Crippen LogP contribution in [0.3, 0.4) is 0 Å². The number of ether oxygens (including phenoxy) is 4.